The Hall–Kier alpha value is -3.36. The molecule has 31 heavy (non-hydrogen) atoms. The van der Waals surface area contributed by atoms with Crippen LogP contribution in [0.15, 0.2) is 66.7 Å². The summed E-state index contributed by atoms with van der Waals surface area (Å²) in [5.74, 6) is -1.12. The first kappa shape index (κ1) is 20.9. The number of hydrogen-bond acceptors (Lipinski definition) is 2. The molecule has 3 aromatic rings. The van der Waals surface area contributed by atoms with Crippen molar-refractivity contribution in [1.82, 2.24) is 4.90 Å². The van der Waals surface area contributed by atoms with Crippen molar-refractivity contribution >= 4 is 11.5 Å². The Bertz CT molecular complexity index is 1110. The number of hydrogen-bond donors (Lipinski definition) is 0. The molecule has 3 nitrogen and oxygen atoms in total. The molecule has 3 aromatic carbocycles. The molecule has 1 fully saturated rings. The van der Waals surface area contributed by atoms with Gasteiger partial charge in [-0.1, -0.05) is 42.5 Å². The lowest BCUT2D eigenvalue weighted by molar-refractivity contribution is 0.0992. The van der Waals surface area contributed by atoms with Crippen LogP contribution in [0.1, 0.15) is 39.9 Å². The van der Waals surface area contributed by atoms with E-state index in [0.29, 0.717) is 35.9 Å². The van der Waals surface area contributed by atoms with E-state index in [9.17, 15) is 13.6 Å². The molecule has 0 aliphatic heterocycles. The van der Waals surface area contributed by atoms with Gasteiger partial charge in [-0.15, -0.1) is 0 Å². The Labute approximate surface area is 180 Å². The van der Waals surface area contributed by atoms with Crippen molar-refractivity contribution in [1.29, 1.82) is 0 Å². The van der Waals surface area contributed by atoms with Crippen molar-refractivity contribution in [3.63, 3.8) is 0 Å². The second kappa shape index (κ2) is 9.20. The molecular formula is C26H22F2N2O. The first-order valence-electron chi connectivity index (χ1n) is 10.3. The molecule has 0 aromatic heterocycles. The van der Waals surface area contributed by atoms with Crippen molar-refractivity contribution in [2.45, 2.75) is 38.4 Å². The smallest absolute Gasteiger partial charge is 0.187 e. The van der Waals surface area contributed by atoms with Crippen LogP contribution in [-0.2, 0) is 19.5 Å². The standard InChI is InChI=1S/C26H22F2N2O/c1-29-24-7-5-18(6-8-24)14-26(31)21-4-2-3-19(11-21)16-30(25-9-10-25)17-20-12-22(27)15-23(28)13-20/h2-8,11-13,15,25H,9-10,14,16-17H2. The van der Waals surface area contributed by atoms with Crippen LogP contribution in [0.3, 0.4) is 0 Å². The van der Waals surface area contributed by atoms with Gasteiger partial charge in [0.05, 0.1) is 6.57 Å². The van der Waals surface area contributed by atoms with Crippen molar-refractivity contribution in [2.24, 2.45) is 0 Å². The number of Topliss-reactive ketones (excluding diaryl/α,β-unsaturated/α-hetero) is 1. The first-order valence-corrected chi connectivity index (χ1v) is 10.3. The fourth-order valence-electron chi connectivity index (χ4n) is 3.74. The molecule has 1 aliphatic carbocycles. The van der Waals surface area contributed by atoms with Gasteiger partial charge in [-0.2, -0.15) is 0 Å². The fourth-order valence-corrected chi connectivity index (χ4v) is 3.74. The number of nitrogens with zero attached hydrogens (tertiary/aromatic N) is 2. The molecule has 156 valence electrons. The zero-order chi connectivity index (χ0) is 21.8. The van der Waals surface area contributed by atoms with Crippen molar-refractivity contribution in [3.05, 3.63) is 112 Å². The molecule has 0 atom stereocenters. The first-order chi connectivity index (χ1) is 15.0. The van der Waals surface area contributed by atoms with Gasteiger partial charge in [-0.05, 0) is 47.7 Å². The molecule has 0 spiro atoms. The van der Waals surface area contributed by atoms with Crippen molar-refractivity contribution in [2.75, 3.05) is 0 Å². The van der Waals surface area contributed by atoms with Gasteiger partial charge in [0.25, 0.3) is 0 Å². The third-order valence-electron chi connectivity index (χ3n) is 5.44. The number of halogens is 2. The third kappa shape index (κ3) is 5.62. The largest absolute Gasteiger partial charge is 0.294 e. The molecule has 0 saturated heterocycles. The van der Waals surface area contributed by atoms with Gasteiger partial charge in [0.2, 0.25) is 0 Å². The quantitative estimate of drug-likeness (QED) is 0.327. The minimum Gasteiger partial charge on any atom is -0.294 e. The number of rotatable bonds is 8. The number of benzene rings is 3. The SMILES string of the molecule is [C-]#[N+]c1ccc(CC(=O)c2cccc(CN(Cc3cc(F)cc(F)c3)C3CC3)c2)cc1. The van der Waals surface area contributed by atoms with Gasteiger partial charge < -0.3 is 0 Å². The van der Waals surface area contributed by atoms with E-state index in [1.54, 1.807) is 12.1 Å². The fraction of sp³-hybridized carbons (Fsp3) is 0.231. The van der Waals surface area contributed by atoms with E-state index in [4.69, 9.17) is 6.57 Å². The minimum absolute atomic E-state index is 0.0163. The van der Waals surface area contributed by atoms with Crippen LogP contribution in [0, 0.1) is 18.2 Å². The summed E-state index contributed by atoms with van der Waals surface area (Å²) in [5, 5.41) is 0. The molecule has 1 aliphatic rings. The van der Waals surface area contributed by atoms with E-state index in [0.717, 1.165) is 30.0 Å². The Morgan fingerprint density at radius 2 is 1.58 bits per heavy atom. The monoisotopic (exact) mass is 416 g/mol. The highest BCUT2D eigenvalue weighted by molar-refractivity contribution is 5.97. The molecule has 0 radical (unpaired) electrons. The second-order valence-electron chi connectivity index (χ2n) is 7.99. The van der Waals surface area contributed by atoms with Crippen LogP contribution in [-0.4, -0.2) is 16.7 Å². The predicted molar refractivity (Wildman–Crippen MR) is 116 cm³/mol. The number of ketones is 1. The summed E-state index contributed by atoms with van der Waals surface area (Å²) < 4.78 is 27.1. The lowest BCUT2D eigenvalue weighted by atomic mass is 10.0. The summed E-state index contributed by atoms with van der Waals surface area (Å²) in [6, 6.07) is 18.6. The molecule has 5 heteroatoms. The topological polar surface area (TPSA) is 24.7 Å². The predicted octanol–water partition coefficient (Wildman–Crippen LogP) is 6.11. The molecular weight excluding hydrogens is 394 g/mol. The van der Waals surface area contributed by atoms with Gasteiger partial charge in [0.1, 0.15) is 11.6 Å². The maximum absolute atomic E-state index is 13.6. The van der Waals surface area contributed by atoms with E-state index in [1.807, 2.05) is 36.4 Å². The summed E-state index contributed by atoms with van der Waals surface area (Å²) in [7, 11) is 0. The maximum atomic E-state index is 13.6. The normalized spacial score (nSPS) is 13.2. The highest BCUT2D eigenvalue weighted by atomic mass is 19.1. The maximum Gasteiger partial charge on any atom is 0.187 e. The Morgan fingerprint density at radius 1 is 0.903 bits per heavy atom. The molecule has 0 bridgehead atoms. The summed E-state index contributed by atoms with van der Waals surface area (Å²) in [4.78, 5) is 18.3. The van der Waals surface area contributed by atoms with E-state index >= 15 is 0 Å². The molecule has 0 amide bonds. The van der Waals surface area contributed by atoms with E-state index in [2.05, 4.69) is 9.74 Å². The molecule has 0 unspecified atom stereocenters. The molecule has 0 heterocycles. The van der Waals surface area contributed by atoms with Crippen LogP contribution in [0.25, 0.3) is 4.85 Å². The Balaban J connectivity index is 1.46. The van der Waals surface area contributed by atoms with Crippen LogP contribution < -0.4 is 0 Å². The average Bonchev–Trinajstić information content (AvgIpc) is 3.59. The third-order valence-corrected chi connectivity index (χ3v) is 5.44. The summed E-state index contributed by atoms with van der Waals surface area (Å²) in [5.41, 5.74) is 3.67. The van der Waals surface area contributed by atoms with Gasteiger partial charge >= 0.3 is 0 Å². The van der Waals surface area contributed by atoms with Crippen molar-refractivity contribution < 1.29 is 13.6 Å². The highest BCUT2D eigenvalue weighted by Gasteiger charge is 2.29. The lowest BCUT2D eigenvalue weighted by Gasteiger charge is -2.22. The van der Waals surface area contributed by atoms with Crippen molar-refractivity contribution in [3.8, 4) is 0 Å². The Morgan fingerprint density at radius 3 is 2.23 bits per heavy atom. The van der Waals surface area contributed by atoms with E-state index in [-0.39, 0.29) is 12.2 Å². The van der Waals surface area contributed by atoms with Crippen LogP contribution in [0.4, 0.5) is 14.5 Å². The summed E-state index contributed by atoms with van der Waals surface area (Å²) >= 11 is 0. The number of carbonyl (C=O) groups excluding carboxylic acids is 1. The summed E-state index contributed by atoms with van der Waals surface area (Å²) in [6.45, 7) is 8.09. The zero-order valence-electron chi connectivity index (χ0n) is 17.0. The van der Waals surface area contributed by atoms with E-state index < -0.39 is 11.6 Å². The van der Waals surface area contributed by atoms with Gasteiger partial charge in [-0.25, -0.2) is 13.6 Å². The highest BCUT2D eigenvalue weighted by Crippen LogP contribution is 2.30. The Kier molecular flexibility index (Phi) is 6.20. The van der Waals surface area contributed by atoms with Gasteiger partial charge in [0.15, 0.2) is 11.5 Å². The molecule has 4 rings (SSSR count). The molecule has 1 saturated carbocycles. The average molecular weight is 416 g/mol. The van der Waals surface area contributed by atoms with Crippen LogP contribution in [0.5, 0.6) is 0 Å². The van der Waals surface area contributed by atoms with Crippen LogP contribution in [0.2, 0.25) is 0 Å². The molecule has 0 N–H and O–H groups in total. The van der Waals surface area contributed by atoms with Crippen LogP contribution >= 0.6 is 0 Å². The number of carbonyl (C=O) groups is 1. The minimum atomic E-state index is -0.567. The van der Waals surface area contributed by atoms with Gasteiger partial charge in [-0.3, -0.25) is 9.69 Å². The second-order valence-corrected chi connectivity index (χ2v) is 7.99. The van der Waals surface area contributed by atoms with E-state index in [1.165, 1.54) is 12.1 Å². The zero-order valence-corrected chi connectivity index (χ0v) is 17.0. The van der Waals surface area contributed by atoms with Gasteiger partial charge in [0, 0.05) is 37.2 Å². The summed E-state index contributed by atoms with van der Waals surface area (Å²) in [6.07, 6.45) is 2.41. The lowest BCUT2D eigenvalue weighted by Crippen LogP contribution is -2.25.